The number of hydrogen-bond acceptors (Lipinski definition) is 4. The summed E-state index contributed by atoms with van der Waals surface area (Å²) in [5.41, 5.74) is -4.75. The number of benzene rings is 1. The second-order valence-corrected chi connectivity index (χ2v) is 6.83. The molecule has 0 bridgehead atoms. The molecule has 2 aromatic rings. The van der Waals surface area contributed by atoms with Gasteiger partial charge in [-0.15, -0.1) is 0 Å². The van der Waals surface area contributed by atoms with Gasteiger partial charge >= 0.3 is 0 Å². The molecule has 27 heavy (non-hydrogen) atoms. The Morgan fingerprint density at radius 2 is 2.07 bits per heavy atom. The molecule has 3 N–H and O–H groups in total. The fraction of sp³-hybridized carbons (Fsp3) is 0.333. The van der Waals surface area contributed by atoms with Crippen molar-refractivity contribution in [3.63, 3.8) is 0 Å². The van der Waals surface area contributed by atoms with Crippen LogP contribution in [0.4, 0.5) is 13.2 Å². The Balaban J connectivity index is 1.88. The molecular weight excluding hydrogens is 385 g/mol. The number of nitrogens with zero attached hydrogens (tertiary/aromatic N) is 1. The number of aliphatic hydroxyl groups excluding tert-OH is 1. The molecule has 144 valence electrons. The number of alkyl halides is 1. The number of hydrogen-bond donors (Lipinski definition) is 3. The fourth-order valence-electron chi connectivity index (χ4n) is 3.17. The van der Waals surface area contributed by atoms with Crippen LogP contribution in [0.3, 0.4) is 0 Å². The van der Waals surface area contributed by atoms with Crippen molar-refractivity contribution >= 4 is 17.5 Å². The summed E-state index contributed by atoms with van der Waals surface area (Å²) < 4.78 is 42.5. The molecule has 1 aliphatic carbocycles. The molecule has 0 spiro atoms. The molecule has 3 rings (SSSR count). The summed E-state index contributed by atoms with van der Waals surface area (Å²) in [5, 5.41) is 21.9. The summed E-state index contributed by atoms with van der Waals surface area (Å²) in [6.45, 7) is -1.12. The molecule has 1 amide bonds. The van der Waals surface area contributed by atoms with Crippen molar-refractivity contribution in [2.45, 2.75) is 30.7 Å². The van der Waals surface area contributed by atoms with Gasteiger partial charge in [0.25, 0.3) is 5.91 Å². The van der Waals surface area contributed by atoms with Crippen LogP contribution in [0, 0.1) is 11.6 Å². The number of aliphatic hydroxyl groups is 2. The van der Waals surface area contributed by atoms with E-state index in [4.69, 9.17) is 11.6 Å². The molecule has 1 heterocycles. The normalized spacial score (nSPS) is 24.4. The number of aromatic nitrogens is 1. The first-order valence-corrected chi connectivity index (χ1v) is 8.49. The van der Waals surface area contributed by atoms with Crippen LogP contribution in [0.15, 0.2) is 30.5 Å². The summed E-state index contributed by atoms with van der Waals surface area (Å²) in [5.74, 6) is -2.91. The molecule has 1 aliphatic rings. The number of carbonyl (C=O) groups excluding carboxylic acids is 1. The van der Waals surface area contributed by atoms with E-state index in [1.807, 2.05) is 0 Å². The van der Waals surface area contributed by atoms with E-state index in [-0.39, 0.29) is 28.3 Å². The Morgan fingerprint density at radius 3 is 2.74 bits per heavy atom. The second-order valence-electron chi connectivity index (χ2n) is 6.42. The van der Waals surface area contributed by atoms with Crippen LogP contribution in [0.25, 0.3) is 0 Å². The number of nitrogens with one attached hydrogen (secondary N) is 1. The Labute approximate surface area is 157 Å². The van der Waals surface area contributed by atoms with E-state index in [1.165, 1.54) is 18.3 Å². The minimum atomic E-state index is -2.53. The Kier molecular flexibility index (Phi) is 5.16. The summed E-state index contributed by atoms with van der Waals surface area (Å²) in [4.78, 5) is 16.5. The van der Waals surface area contributed by atoms with Crippen molar-refractivity contribution in [3.05, 3.63) is 63.9 Å². The van der Waals surface area contributed by atoms with Crippen LogP contribution in [-0.4, -0.2) is 27.7 Å². The van der Waals surface area contributed by atoms with Crippen LogP contribution < -0.4 is 5.32 Å². The third kappa shape index (κ3) is 3.40. The topological polar surface area (TPSA) is 82.5 Å². The summed E-state index contributed by atoms with van der Waals surface area (Å²) in [6.07, 6.45) is 0.675. The lowest BCUT2D eigenvalue weighted by molar-refractivity contribution is -0.138. The average molecular weight is 401 g/mol. The highest BCUT2D eigenvalue weighted by Gasteiger charge is 2.51. The molecule has 0 fully saturated rings. The molecule has 9 heteroatoms. The first-order chi connectivity index (χ1) is 12.7. The van der Waals surface area contributed by atoms with Crippen LogP contribution in [0.2, 0.25) is 5.02 Å². The quantitative estimate of drug-likeness (QED) is 0.736. The van der Waals surface area contributed by atoms with Gasteiger partial charge in [-0.3, -0.25) is 9.78 Å². The third-order valence-electron chi connectivity index (χ3n) is 4.71. The van der Waals surface area contributed by atoms with E-state index >= 15 is 4.39 Å². The molecule has 2 unspecified atom stereocenters. The smallest absolute Gasteiger partial charge is 0.262 e. The second kappa shape index (κ2) is 7.10. The molecule has 0 aliphatic heterocycles. The number of pyridine rings is 1. The highest BCUT2D eigenvalue weighted by molar-refractivity contribution is 6.31. The monoisotopic (exact) mass is 400 g/mol. The predicted octanol–water partition coefficient (Wildman–Crippen LogP) is 2.47. The minimum Gasteiger partial charge on any atom is -0.393 e. The third-order valence-corrected chi connectivity index (χ3v) is 5.05. The SMILES string of the molecule is O=C(NCc1c(F)cc(F)cc1Cl)C1(F)CCC(O)(CO)c2ncccc21. The number of fused-ring (bicyclic) bond motifs is 1. The molecule has 0 saturated heterocycles. The molecular formula is C18H16ClF3N2O3. The lowest BCUT2D eigenvalue weighted by Gasteiger charge is -2.38. The highest BCUT2D eigenvalue weighted by atomic mass is 35.5. The van der Waals surface area contributed by atoms with E-state index in [2.05, 4.69) is 10.3 Å². The van der Waals surface area contributed by atoms with Gasteiger partial charge < -0.3 is 15.5 Å². The van der Waals surface area contributed by atoms with Gasteiger partial charge in [0.2, 0.25) is 5.67 Å². The maximum Gasteiger partial charge on any atom is 0.262 e. The molecule has 0 radical (unpaired) electrons. The first-order valence-electron chi connectivity index (χ1n) is 8.11. The lowest BCUT2D eigenvalue weighted by Crippen LogP contribution is -2.49. The zero-order valence-electron chi connectivity index (χ0n) is 14.0. The van der Waals surface area contributed by atoms with E-state index < -0.39 is 48.4 Å². The highest BCUT2D eigenvalue weighted by Crippen LogP contribution is 2.45. The molecule has 1 aromatic heterocycles. The van der Waals surface area contributed by atoms with Crippen LogP contribution in [0.5, 0.6) is 0 Å². The van der Waals surface area contributed by atoms with Gasteiger partial charge in [-0.1, -0.05) is 17.7 Å². The first kappa shape index (κ1) is 19.6. The van der Waals surface area contributed by atoms with Crippen molar-refractivity contribution in [1.29, 1.82) is 0 Å². The summed E-state index contributed by atoms with van der Waals surface area (Å²) in [7, 11) is 0. The van der Waals surface area contributed by atoms with E-state index in [0.717, 1.165) is 6.07 Å². The van der Waals surface area contributed by atoms with Crippen molar-refractivity contribution < 1.29 is 28.2 Å². The van der Waals surface area contributed by atoms with Gasteiger partial charge in [0, 0.05) is 29.9 Å². The number of rotatable bonds is 4. The maximum absolute atomic E-state index is 15.6. The van der Waals surface area contributed by atoms with Gasteiger partial charge in [0.15, 0.2) is 0 Å². The maximum atomic E-state index is 15.6. The van der Waals surface area contributed by atoms with Crippen molar-refractivity contribution in [2.24, 2.45) is 0 Å². The molecule has 0 saturated carbocycles. The van der Waals surface area contributed by atoms with Gasteiger partial charge in [0.1, 0.15) is 17.2 Å². The Bertz CT molecular complexity index is 875. The predicted molar refractivity (Wildman–Crippen MR) is 90.5 cm³/mol. The minimum absolute atomic E-state index is 0.123. The van der Waals surface area contributed by atoms with Gasteiger partial charge in [0.05, 0.1) is 17.3 Å². The summed E-state index contributed by atoms with van der Waals surface area (Å²) in [6, 6.07) is 4.20. The van der Waals surface area contributed by atoms with E-state index in [0.29, 0.717) is 6.07 Å². The fourth-order valence-corrected chi connectivity index (χ4v) is 3.43. The molecule has 5 nitrogen and oxygen atoms in total. The van der Waals surface area contributed by atoms with Gasteiger partial charge in [-0.25, -0.2) is 13.2 Å². The number of amides is 1. The number of halogens is 4. The lowest BCUT2D eigenvalue weighted by atomic mass is 9.74. The van der Waals surface area contributed by atoms with Crippen LogP contribution in [-0.2, 0) is 22.6 Å². The van der Waals surface area contributed by atoms with Crippen LogP contribution in [0.1, 0.15) is 29.7 Å². The average Bonchev–Trinajstić information content (AvgIpc) is 2.64. The van der Waals surface area contributed by atoms with Crippen molar-refractivity contribution in [1.82, 2.24) is 10.3 Å². The van der Waals surface area contributed by atoms with E-state index in [9.17, 15) is 23.8 Å². The largest absolute Gasteiger partial charge is 0.393 e. The zero-order chi connectivity index (χ0) is 19.8. The van der Waals surface area contributed by atoms with E-state index in [1.54, 1.807) is 0 Å². The zero-order valence-corrected chi connectivity index (χ0v) is 14.7. The van der Waals surface area contributed by atoms with Crippen LogP contribution >= 0.6 is 11.6 Å². The Hall–Kier alpha value is -2.16. The van der Waals surface area contributed by atoms with Crippen molar-refractivity contribution in [3.8, 4) is 0 Å². The molecule has 1 aromatic carbocycles. The standard InChI is InChI=1S/C18H16ClF3N2O3/c19-13-6-10(20)7-14(21)11(13)8-24-16(26)18(22)4-3-17(27,9-25)15-12(18)2-1-5-23-15/h1-2,5-7,25,27H,3-4,8-9H2,(H,24,26). The van der Waals surface area contributed by atoms with Crippen molar-refractivity contribution in [2.75, 3.05) is 6.61 Å². The summed E-state index contributed by atoms with van der Waals surface area (Å²) >= 11 is 5.78. The Morgan fingerprint density at radius 1 is 1.33 bits per heavy atom. The number of carbonyl (C=O) groups is 1. The molecule has 2 atom stereocenters. The van der Waals surface area contributed by atoms with Gasteiger partial charge in [-0.05, 0) is 25.0 Å². The van der Waals surface area contributed by atoms with Gasteiger partial charge in [-0.2, -0.15) is 0 Å².